The molecule has 1 atom stereocenters. The van der Waals surface area contributed by atoms with Crippen LogP contribution in [0.1, 0.15) is 24.7 Å². The van der Waals surface area contributed by atoms with Crippen molar-refractivity contribution in [3.05, 3.63) is 35.9 Å². The number of nitrogens with zero attached hydrogens (tertiary/aromatic N) is 5. The lowest BCUT2D eigenvalue weighted by Crippen LogP contribution is -2.15. The Labute approximate surface area is 116 Å². The summed E-state index contributed by atoms with van der Waals surface area (Å²) in [5, 5.41) is 20.4. The minimum atomic E-state index is -0.796. The Balaban J connectivity index is 1.90. The van der Waals surface area contributed by atoms with Crippen molar-refractivity contribution in [1.29, 1.82) is 0 Å². The maximum Gasteiger partial charge on any atom is 0.306 e. The van der Waals surface area contributed by atoms with Crippen molar-refractivity contribution in [2.75, 3.05) is 0 Å². The van der Waals surface area contributed by atoms with Gasteiger partial charge in [0.05, 0.1) is 5.92 Å². The molecule has 2 rings (SSSR count). The van der Waals surface area contributed by atoms with E-state index in [9.17, 15) is 4.79 Å². The van der Waals surface area contributed by atoms with Gasteiger partial charge in [0.2, 0.25) is 0 Å². The van der Waals surface area contributed by atoms with Gasteiger partial charge in [-0.05, 0) is 34.9 Å². The number of hydrogen-bond donors (Lipinski definition) is 1. The molecular weight excluding hydrogens is 258 g/mol. The number of aliphatic carboxylic acids is 1. The van der Waals surface area contributed by atoms with E-state index in [0.717, 1.165) is 17.8 Å². The molecule has 106 valence electrons. The van der Waals surface area contributed by atoms with Crippen molar-refractivity contribution in [3.63, 3.8) is 0 Å². The van der Waals surface area contributed by atoms with Gasteiger partial charge in [-0.2, -0.15) is 0 Å². The first-order chi connectivity index (χ1) is 9.66. The molecule has 7 heteroatoms. The fourth-order valence-corrected chi connectivity index (χ4v) is 1.82. The van der Waals surface area contributed by atoms with Crippen LogP contribution in [0.3, 0.4) is 0 Å². The molecule has 20 heavy (non-hydrogen) atoms. The molecule has 0 saturated heterocycles. The van der Waals surface area contributed by atoms with Gasteiger partial charge in [-0.3, -0.25) is 9.78 Å². The first-order valence-electron chi connectivity index (χ1n) is 6.53. The van der Waals surface area contributed by atoms with Crippen LogP contribution in [0, 0.1) is 5.92 Å². The van der Waals surface area contributed by atoms with Gasteiger partial charge in [-0.25, -0.2) is 4.68 Å². The quantitative estimate of drug-likeness (QED) is 0.809. The van der Waals surface area contributed by atoms with Gasteiger partial charge in [0.15, 0.2) is 5.82 Å². The highest BCUT2D eigenvalue weighted by Crippen LogP contribution is 2.07. The summed E-state index contributed by atoms with van der Waals surface area (Å²) in [6, 6.07) is 3.90. The van der Waals surface area contributed by atoms with E-state index in [1.54, 1.807) is 17.8 Å². The predicted molar refractivity (Wildman–Crippen MR) is 70.9 cm³/mol. The molecule has 2 aromatic heterocycles. The van der Waals surface area contributed by atoms with E-state index in [2.05, 4.69) is 20.5 Å². The average Bonchev–Trinajstić information content (AvgIpc) is 2.91. The third kappa shape index (κ3) is 3.84. The molecule has 1 unspecified atom stereocenters. The highest BCUT2D eigenvalue weighted by atomic mass is 16.4. The Bertz CT molecular complexity index is 555. The number of carboxylic acids is 1. The van der Waals surface area contributed by atoms with E-state index >= 15 is 0 Å². The summed E-state index contributed by atoms with van der Waals surface area (Å²) in [7, 11) is 0. The minimum absolute atomic E-state index is 0.398. The molecule has 7 nitrogen and oxygen atoms in total. The van der Waals surface area contributed by atoms with E-state index in [1.807, 2.05) is 18.3 Å². The second-order valence-corrected chi connectivity index (χ2v) is 4.71. The van der Waals surface area contributed by atoms with Crippen molar-refractivity contribution in [2.24, 2.45) is 5.92 Å². The zero-order valence-corrected chi connectivity index (χ0v) is 11.3. The van der Waals surface area contributed by atoms with Crippen molar-refractivity contribution >= 4 is 5.97 Å². The van der Waals surface area contributed by atoms with Crippen LogP contribution < -0.4 is 0 Å². The summed E-state index contributed by atoms with van der Waals surface area (Å²) in [4.78, 5) is 14.8. The van der Waals surface area contributed by atoms with Crippen LogP contribution in [0.5, 0.6) is 0 Å². The lowest BCUT2D eigenvalue weighted by molar-refractivity contribution is -0.141. The van der Waals surface area contributed by atoms with Crippen LogP contribution in [0.2, 0.25) is 0 Å². The van der Waals surface area contributed by atoms with Crippen LogP contribution in [0.15, 0.2) is 24.5 Å². The first kappa shape index (κ1) is 14.1. The Morgan fingerprint density at radius 3 is 3.00 bits per heavy atom. The number of tetrazole rings is 1. The maximum absolute atomic E-state index is 10.8. The topological polar surface area (TPSA) is 93.8 Å². The van der Waals surface area contributed by atoms with Crippen LogP contribution in [0.4, 0.5) is 0 Å². The molecule has 2 heterocycles. The molecule has 0 aliphatic rings. The van der Waals surface area contributed by atoms with Gasteiger partial charge < -0.3 is 5.11 Å². The maximum atomic E-state index is 10.8. The zero-order chi connectivity index (χ0) is 14.4. The highest BCUT2D eigenvalue weighted by molar-refractivity contribution is 5.69. The summed E-state index contributed by atoms with van der Waals surface area (Å²) in [6.45, 7) is 2.20. The van der Waals surface area contributed by atoms with E-state index in [0.29, 0.717) is 19.4 Å². The van der Waals surface area contributed by atoms with Gasteiger partial charge in [0.25, 0.3) is 0 Å². The van der Waals surface area contributed by atoms with Gasteiger partial charge in [0.1, 0.15) is 0 Å². The summed E-state index contributed by atoms with van der Waals surface area (Å²) >= 11 is 0. The van der Waals surface area contributed by atoms with Crippen molar-refractivity contribution in [3.8, 4) is 0 Å². The number of pyridine rings is 1. The lowest BCUT2D eigenvalue weighted by atomic mass is 10.1. The molecule has 0 bridgehead atoms. The van der Waals surface area contributed by atoms with Crippen LogP contribution >= 0.6 is 0 Å². The second kappa shape index (κ2) is 6.74. The number of aryl methyl sites for hydroxylation is 3. The largest absolute Gasteiger partial charge is 0.481 e. The fraction of sp³-hybridized carbons (Fsp3) is 0.462. The summed E-state index contributed by atoms with van der Waals surface area (Å²) in [5.74, 6) is -0.424. The average molecular weight is 275 g/mol. The summed E-state index contributed by atoms with van der Waals surface area (Å²) in [5.41, 5.74) is 1.13. The van der Waals surface area contributed by atoms with Gasteiger partial charge in [-0.15, -0.1) is 5.10 Å². The van der Waals surface area contributed by atoms with Gasteiger partial charge >= 0.3 is 5.97 Å². The molecule has 0 fully saturated rings. The molecule has 0 amide bonds. The fourth-order valence-electron chi connectivity index (χ4n) is 1.82. The molecule has 0 spiro atoms. The molecule has 2 aromatic rings. The van der Waals surface area contributed by atoms with Crippen molar-refractivity contribution in [2.45, 2.75) is 32.7 Å². The van der Waals surface area contributed by atoms with Crippen molar-refractivity contribution in [1.82, 2.24) is 25.2 Å². The molecule has 0 saturated carbocycles. The molecule has 1 N–H and O–H groups in total. The Morgan fingerprint density at radius 1 is 1.45 bits per heavy atom. The van der Waals surface area contributed by atoms with Gasteiger partial charge in [0, 0.05) is 25.4 Å². The summed E-state index contributed by atoms with van der Waals surface area (Å²) < 4.78 is 1.68. The SMILES string of the molecule is CC(CCn1nnnc1CCc1cccnc1)C(=O)O. The zero-order valence-electron chi connectivity index (χ0n) is 11.3. The van der Waals surface area contributed by atoms with Crippen LogP contribution in [-0.4, -0.2) is 36.3 Å². The highest BCUT2D eigenvalue weighted by Gasteiger charge is 2.13. The lowest BCUT2D eigenvalue weighted by Gasteiger charge is -2.07. The third-order valence-corrected chi connectivity index (χ3v) is 3.16. The van der Waals surface area contributed by atoms with Crippen LogP contribution in [-0.2, 0) is 24.2 Å². The first-order valence-corrected chi connectivity index (χ1v) is 6.53. The number of aromatic nitrogens is 5. The van der Waals surface area contributed by atoms with E-state index in [-0.39, 0.29) is 0 Å². The molecule has 0 aliphatic carbocycles. The van der Waals surface area contributed by atoms with Gasteiger partial charge in [-0.1, -0.05) is 13.0 Å². The Hall–Kier alpha value is -2.31. The Morgan fingerprint density at radius 2 is 2.30 bits per heavy atom. The number of carboxylic acid groups (broad SMARTS) is 1. The smallest absolute Gasteiger partial charge is 0.306 e. The molecule has 0 aromatic carbocycles. The van der Waals surface area contributed by atoms with E-state index < -0.39 is 11.9 Å². The van der Waals surface area contributed by atoms with E-state index in [4.69, 9.17) is 5.11 Å². The number of rotatable bonds is 7. The van der Waals surface area contributed by atoms with E-state index in [1.165, 1.54) is 0 Å². The standard InChI is InChI=1S/C13H17N5O2/c1-10(13(19)20)6-8-18-12(15-16-17-18)5-4-11-3-2-7-14-9-11/h2-3,7,9-10H,4-6,8H2,1H3,(H,19,20). The summed E-state index contributed by atoms with van der Waals surface area (Å²) in [6.07, 6.45) is 5.59. The monoisotopic (exact) mass is 275 g/mol. The molecular formula is C13H17N5O2. The van der Waals surface area contributed by atoms with Crippen LogP contribution in [0.25, 0.3) is 0 Å². The van der Waals surface area contributed by atoms with Crippen molar-refractivity contribution < 1.29 is 9.90 Å². The normalized spacial score (nSPS) is 12.2. The second-order valence-electron chi connectivity index (χ2n) is 4.71. The molecule has 0 aliphatic heterocycles. The number of carbonyl (C=O) groups is 1. The third-order valence-electron chi connectivity index (χ3n) is 3.16. The number of hydrogen-bond acceptors (Lipinski definition) is 5. The predicted octanol–water partition coefficient (Wildman–Crippen LogP) is 0.964. The molecule has 0 radical (unpaired) electrons. The Kier molecular flexibility index (Phi) is 4.75. The minimum Gasteiger partial charge on any atom is -0.481 e.